The molecule has 0 aliphatic heterocycles. The Kier molecular flexibility index (Phi) is 5.92. The lowest BCUT2D eigenvalue weighted by molar-refractivity contribution is -0.153. The molecule has 1 fully saturated rings. The molecule has 1 aliphatic rings. The second-order valence-electron chi connectivity index (χ2n) is 4.92. The maximum Gasteiger partial charge on any atom is 0.326 e. The Morgan fingerprint density at radius 2 is 2.29 bits per heavy atom. The van der Waals surface area contributed by atoms with Gasteiger partial charge in [-0.2, -0.15) is 0 Å². The molecule has 2 unspecified atom stereocenters. The zero-order chi connectivity index (χ0) is 12.7. The highest BCUT2D eigenvalue weighted by Gasteiger charge is 2.42. The van der Waals surface area contributed by atoms with E-state index in [0.29, 0.717) is 25.7 Å². The fraction of sp³-hybridized carbons (Fsp3) is 0.923. The van der Waals surface area contributed by atoms with Gasteiger partial charge in [0.25, 0.3) is 0 Å². The van der Waals surface area contributed by atoms with Crippen molar-refractivity contribution in [2.75, 3.05) is 26.9 Å². The van der Waals surface area contributed by atoms with Crippen LogP contribution in [0.4, 0.5) is 0 Å². The van der Waals surface area contributed by atoms with Gasteiger partial charge in [-0.25, -0.2) is 0 Å². The molecule has 1 rings (SSSR count). The fourth-order valence-corrected chi connectivity index (χ4v) is 2.63. The van der Waals surface area contributed by atoms with Crippen molar-refractivity contribution in [3.05, 3.63) is 0 Å². The van der Waals surface area contributed by atoms with Crippen molar-refractivity contribution < 1.29 is 14.3 Å². The van der Waals surface area contributed by atoms with E-state index in [4.69, 9.17) is 9.47 Å². The van der Waals surface area contributed by atoms with Crippen LogP contribution in [0.2, 0.25) is 0 Å². The molecule has 0 radical (unpaired) electrons. The third-order valence-electron chi connectivity index (χ3n) is 3.43. The minimum absolute atomic E-state index is 0.0948. The maximum atomic E-state index is 12.1. The molecule has 17 heavy (non-hydrogen) atoms. The summed E-state index contributed by atoms with van der Waals surface area (Å²) in [6.07, 6.45) is 4.03. The lowest BCUT2D eigenvalue weighted by atomic mass is 9.76. The predicted molar refractivity (Wildman–Crippen MR) is 66.9 cm³/mol. The first kappa shape index (κ1) is 14.5. The smallest absolute Gasteiger partial charge is 0.326 e. The minimum Gasteiger partial charge on any atom is -0.465 e. The normalized spacial score (nSPS) is 29.0. The van der Waals surface area contributed by atoms with Crippen LogP contribution in [0, 0.1) is 5.92 Å². The number of carbonyl (C=O) groups is 1. The van der Waals surface area contributed by atoms with E-state index in [1.54, 1.807) is 7.11 Å². The largest absolute Gasteiger partial charge is 0.465 e. The van der Waals surface area contributed by atoms with E-state index in [-0.39, 0.29) is 5.97 Å². The Bertz CT molecular complexity index is 245. The van der Waals surface area contributed by atoms with Crippen LogP contribution in [-0.2, 0) is 14.3 Å². The van der Waals surface area contributed by atoms with Gasteiger partial charge in [0.1, 0.15) is 5.54 Å². The van der Waals surface area contributed by atoms with Crippen molar-refractivity contribution in [2.24, 2.45) is 5.92 Å². The lowest BCUT2D eigenvalue weighted by Crippen LogP contribution is -2.56. The number of hydrogen-bond donors (Lipinski definition) is 1. The van der Waals surface area contributed by atoms with E-state index in [2.05, 4.69) is 12.2 Å². The zero-order valence-electron chi connectivity index (χ0n) is 11.3. The molecular weight excluding hydrogens is 218 g/mol. The van der Waals surface area contributed by atoms with Gasteiger partial charge in [-0.1, -0.05) is 19.8 Å². The summed E-state index contributed by atoms with van der Waals surface area (Å²) < 4.78 is 10.3. The molecule has 0 amide bonds. The number of ether oxygens (including phenoxy) is 2. The highest BCUT2D eigenvalue weighted by atomic mass is 16.5. The molecule has 1 aliphatic carbocycles. The average Bonchev–Trinajstić information content (AvgIpc) is 2.30. The van der Waals surface area contributed by atoms with Gasteiger partial charge < -0.3 is 9.47 Å². The van der Waals surface area contributed by atoms with E-state index < -0.39 is 5.54 Å². The maximum absolute atomic E-state index is 12.1. The molecule has 0 bridgehead atoms. The fourth-order valence-electron chi connectivity index (χ4n) is 2.63. The Morgan fingerprint density at radius 3 is 2.88 bits per heavy atom. The summed E-state index contributed by atoms with van der Waals surface area (Å²) in [6, 6.07) is 0. The van der Waals surface area contributed by atoms with Gasteiger partial charge in [0.15, 0.2) is 0 Å². The highest BCUT2D eigenvalue weighted by Crippen LogP contribution is 2.33. The number of methoxy groups -OCH3 is 1. The Morgan fingerprint density at radius 1 is 1.53 bits per heavy atom. The Hall–Kier alpha value is -0.610. The third kappa shape index (κ3) is 3.96. The van der Waals surface area contributed by atoms with Gasteiger partial charge in [0, 0.05) is 13.7 Å². The number of rotatable bonds is 6. The SMILES string of the molecule is CCOC(=O)C1(NCCOC)CCCC(C)C1. The van der Waals surface area contributed by atoms with Gasteiger partial charge in [-0.3, -0.25) is 10.1 Å². The predicted octanol–water partition coefficient (Wildman–Crippen LogP) is 1.73. The first-order valence-electron chi connectivity index (χ1n) is 6.56. The monoisotopic (exact) mass is 243 g/mol. The minimum atomic E-state index is -0.480. The first-order chi connectivity index (χ1) is 8.14. The van der Waals surface area contributed by atoms with E-state index in [1.165, 1.54) is 6.42 Å². The molecule has 0 aromatic carbocycles. The molecule has 0 aromatic heterocycles. The molecule has 1 N–H and O–H groups in total. The van der Waals surface area contributed by atoms with Crippen LogP contribution in [0.1, 0.15) is 39.5 Å². The van der Waals surface area contributed by atoms with Crippen molar-refractivity contribution in [3.8, 4) is 0 Å². The van der Waals surface area contributed by atoms with Crippen molar-refractivity contribution in [1.82, 2.24) is 5.32 Å². The van der Waals surface area contributed by atoms with Crippen LogP contribution < -0.4 is 5.32 Å². The Labute approximate surface area is 104 Å². The summed E-state index contributed by atoms with van der Waals surface area (Å²) in [5.41, 5.74) is -0.480. The molecule has 0 saturated heterocycles. The topological polar surface area (TPSA) is 47.6 Å². The summed E-state index contributed by atoms with van der Waals surface area (Å²) in [7, 11) is 1.67. The van der Waals surface area contributed by atoms with Crippen molar-refractivity contribution in [3.63, 3.8) is 0 Å². The third-order valence-corrected chi connectivity index (χ3v) is 3.43. The van der Waals surface area contributed by atoms with Crippen LogP contribution in [-0.4, -0.2) is 38.4 Å². The van der Waals surface area contributed by atoms with Crippen LogP contribution in [0.25, 0.3) is 0 Å². The van der Waals surface area contributed by atoms with E-state index in [1.807, 2.05) is 6.92 Å². The van der Waals surface area contributed by atoms with Crippen LogP contribution >= 0.6 is 0 Å². The summed E-state index contributed by atoms with van der Waals surface area (Å²) in [5.74, 6) is 0.478. The molecule has 0 spiro atoms. The number of hydrogen-bond acceptors (Lipinski definition) is 4. The standard InChI is InChI=1S/C13H25NO3/c1-4-17-12(15)13(14-8-9-16-3)7-5-6-11(2)10-13/h11,14H,4-10H2,1-3H3. The molecule has 100 valence electrons. The van der Waals surface area contributed by atoms with Gasteiger partial charge in [0.05, 0.1) is 13.2 Å². The number of esters is 1. The van der Waals surface area contributed by atoms with Gasteiger partial charge in [0.2, 0.25) is 0 Å². The average molecular weight is 243 g/mol. The van der Waals surface area contributed by atoms with Gasteiger partial charge in [-0.15, -0.1) is 0 Å². The molecule has 1 saturated carbocycles. The van der Waals surface area contributed by atoms with Crippen molar-refractivity contribution in [1.29, 1.82) is 0 Å². The molecule has 4 nitrogen and oxygen atoms in total. The second-order valence-corrected chi connectivity index (χ2v) is 4.92. The number of carbonyl (C=O) groups excluding carboxylic acids is 1. The highest BCUT2D eigenvalue weighted by molar-refractivity contribution is 5.81. The van der Waals surface area contributed by atoms with Crippen LogP contribution in [0.5, 0.6) is 0 Å². The quantitative estimate of drug-likeness (QED) is 0.570. The molecule has 4 heteroatoms. The van der Waals surface area contributed by atoms with Gasteiger partial charge in [-0.05, 0) is 25.7 Å². The van der Waals surface area contributed by atoms with Crippen LogP contribution in [0.15, 0.2) is 0 Å². The molecule has 0 aromatic rings. The molecule has 0 heterocycles. The summed E-state index contributed by atoms with van der Waals surface area (Å²) >= 11 is 0. The van der Waals surface area contributed by atoms with Gasteiger partial charge >= 0.3 is 5.97 Å². The van der Waals surface area contributed by atoms with E-state index in [9.17, 15) is 4.79 Å². The molecule has 2 atom stereocenters. The van der Waals surface area contributed by atoms with Crippen molar-refractivity contribution >= 4 is 5.97 Å². The Balaban J connectivity index is 2.65. The van der Waals surface area contributed by atoms with Crippen LogP contribution in [0.3, 0.4) is 0 Å². The zero-order valence-corrected chi connectivity index (χ0v) is 11.3. The van der Waals surface area contributed by atoms with E-state index in [0.717, 1.165) is 19.3 Å². The summed E-state index contributed by atoms with van der Waals surface area (Å²) in [4.78, 5) is 12.1. The molecular formula is C13H25NO3. The first-order valence-corrected chi connectivity index (χ1v) is 6.56. The van der Waals surface area contributed by atoms with E-state index >= 15 is 0 Å². The summed E-state index contributed by atoms with van der Waals surface area (Å²) in [6.45, 7) is 5.82. The summed E-state index contributed by atoms with van der Waals surface area (Å²) in [5, 5.41) is 3.35. The van der Waals surface area contributed by atoms with Crippen molar-refractivity contribution in [2.45, 2.75) is 45.1 Å². The second kappa shape index (κ2) is 6.97. The lowest BCUT2D eigenvalue weighted by Gasteiger charge is -2.38. The number of nitrogens with one attached hydrogen (secondary N) is 1.